The highest BCUT2D eigenvalue weighted by Gasteiger charge is 2.22. The smallest absolute Gasteiger partial charge is 0.274 e. The number of aromatic hydroxyl groups is 1. The summed E-state index contributed by atoms with van der Waals surface area (Å²) in [6.07, 6.45) is 7.81. The number of carbonyl (C=O) groups is 4. The summed E-state index contributed by atoms with van der Waals surface area (Å²) in [6, 6.07) is 12.9. The van der Waals surface area contributed by atoms with E-state index in [4.69, 9.17) is 10.5 Å². The Hall–Kier alpha value is -6.68. The summed E-state index contributed by atoms with van der Waals surface area (Å²) in [6.45, 7) is 5.36. The number of ether oxygens (including phenoxy) is 1. The van der Waals surface area contributed by atoms with E-state index in [1.165, 1.54) is 38.4 Å². The van der Waals surface area contributed by atoms with E-state index in [9.17, 15) is 24.3 Å². The van der Waals surface area contributed by atoms with Crippen LogP contribution in [0.5, 0.6) is 11.5 Å². The van der Waals surface area contributed by atoms with E-state index >= 15 is 0 Å². The SMILES string of the molecule is CCn1cccc1C(=O)Nc1nc2cc(C=O)cc(O)c2n1C/C=C/Cn1c(NC(=O)c2cccn2CC)nc2cc(C(N)=O)cc(OC)c21.CN. The molecule has 7 N–H and O–H groups in total. The molecule has 0 saturated heterocycles. The Labute approximate surface area is 298 Å². The number of methoxy groups -OCH3 is 1. The van der Waals surface area contributed by atoms with Crippen LogP contribution in [-0.4, -0.2) is 71.5 Å². The lowest BCUT2D eigenvalue weighted by Gasteiger charge is -2.12. The molecular weight excluding hydrogens is 668 g/mol. The third-order valence-corrected chi connectivity index (χ3v) is 8.29. The minimum Gasteiger partial charge on any atom is -0.506 e. The summed E-state index contributed by atoms with van der Waals surface area (Å²) in [5.41, 5.74) is 12.9. The van der Waals surface area contributed by atoms with E-state index in [1.54, 1.807) is 61.0 Å². The predicted octanol–water partition coefficient (Wildman–Crippen LogP) is 3.99. The minimum absolute atomic E-state index is 0.149. The second-order valence-corrected chi connectivity index (χ2v) is 11.3. The maximum absolute atomic E-state index is 13.4. The van der Waals surface area contributed by atoms with Crippen molar-refractivity contribution in [3.8, 4) is 11.5 Å². The lowest BCUT2D eigenvalue weighted by molar-refractivity contribution is 0.0995. The first-order valence-electron chi connectivity index (χ1n) is 16.4. The maximum atomic E-state index is 13.4. The van der Waals surface area contributed by atoms with E-state index in [1.807, 2.05) is 19.9 Å². The molecular formula is C36H40N10O6. The van der Waals surface area contributed by atoms with Gasteiger partial charge in [-0.3, -0.25) is 29.8 Å². The van der Waals surface area contributed by atoms with Gasteiger partial charge < -0.3 is 39.6 Å². The van der Waals surface area contributed by atoms with E-state index in [-0.39, 0.29) is 47.8 Å². The first kappa shape index (κ1) is 36.6. The monoisotopic (exact) mass is 708 g/mol. The number of nitrogens with one attached hydrogen (secondary N) is 2. The molecule has 0 atom stereocenters. The number of primary amides is 1. The molecule has 0 radical (unpaired) electrons. The Kier molecular flexibility index (Phi) is 11.2. The number of hydrogen-bond donors (Lipinski definition) is 5. The molecule has 0 aliphatic carbocycles. The summed E-state index contributed by atoms with van der Waals surface area (Å²) in [4.78, 5) is 59.4. The fraction of sp³-hybridized carbons (Fsp3) is 0.222. The average molecular weight is 709 g/mol. The number of imidazole rings is 2. The molecule has 6 aromatic rings. The van der Waals surface area contributed by atoms with Gasteiger partial charge >= 0.3 is 0 Å². The molecule has 4 heterocycles. The number of amides is 3. The highest BCUT2D eigenvalue weighted by Crippen LogP contribution is 2.32. The van der Waals surface area contributed by atoms with Crippen molar-refractivity contribution in [2.75, 3.05) is 24.8 Å². The molecule has 3 amide bonds. The van der Waals surface area contributed by atoms with E-state index in [0.717, 1.165) is 0 Å². The quantitative estimate of drug-likeness (QED) is 0.0864. The number of fused-ring (bicyclic) bond motifs is 2. The molecule has 16 nitrogen and oxygen atoms in total. The van der Waals surface area contributed by atoms with Gasteiger partial charge in [0.15, 0.2) is 0 Å². The molecule has 0 aliphatic rings. The fourth-order valence-corrected chi connectivity index (χ4v) is 5.89. The van der Waals surface area contributed by atoms with Gasteiger partial charge in [0.05, 0.1) is 18.1 Å². The van der Waals surface area contributed by atoms with Crippen molar-refractivity contribution in [2.45, 2.75) is 40.0 Å². The van der Waals surface area contributed by atoms with Crippen molar-refractivity contribution in [3.05, 3.63) is 95.6 Å². The molecule has 4 aromatic heterocycles. The fourth-order valence-electron chi connectivity index (χ4n) is 5.89. The van der Waals surface area contributed by atoms with Crippen LogP contribution >= 0.6 is 0 Å². The van der Waals surface area contributed by atoms with Crippen LogP contribution in [0.15, 0.2) is 73.1 Å². The molecule has 0 bridgehead atoms. The predicted molar refractivity (Wildman–Crippen MR) is 197 cm³/mol. The van der Waals surface area contributed by atoms with Crippen molar-refractivity contribution in [2.24, 2.45) is 11.5 Å². The number of rotatable bonds is 13. The summed E-state index contributed by atoms with van der Waals surface area (Å²) in [5, 5.41) is 16.6. The van der Waals surface area contributed by atoms with Gasteiger partial charge in [-0.15, -0.1) is 0 Å². The van der Waals surface area contributed by atoms with Crippen LogP contribution in [0.4, 0.5) is 11.9 Å². The lowest BCUT2D eigenvalue weighted by atomic mass is 10.1. The van der Waals surface area contributed by atoms with Gasteiger partial charge in [-0.05, 0) is 69.4 Å². The number of carbonyl (C=O) groups excluding carboxylic acids is 4. The van der Waals surface area contributed by atoms with Crippen molar-refractivity contribution in [3.63, 3.8) is 0 Å². The molecule has 0 saturated carbocycles. The molecule has 0 fully saturated rings. The largest absolute Gasteiger partial charge is 0.506 e. The zero-order valence-corrected chi connectivity index (χ0v) is 29.2. The van der Waals surface area contributed by atoms with Crippen LogP contribution in [0.3, 0.4) is 0 Å². The third-order valence-electron chi connectivity index (χ3n) is 8.29. The number of phenols is 1. The average Bonchev–Trinajstić information content (AvgIpc) is 3.95. The summed E-state index contributed by atoms with van der Waals surface area (Å²) < 4.78 is 12.6. The van der Waals surface area contributed by atoms with Gasteiger partial charge in [0.1, 0.15) is 40.2 Å². The molecule has 270 valence electrons. The third kappa shape index (κ3) is 7.13. The first-order chi connectivity index (χ1) is 25.2. The molecule has 2 aromatic carbocycles. The molecule has 0 unspecified atom stereocenters. The Bertz CT molecular complexity index is 2310. The number of aldehydes is 1. The number of anilines is 2. The number of aryl methyl sites for hydroxylation is 2. The van der Waals surface area contributed by atoms with E-state index in [0.29, 0.717) is 58.6 Å². The van der Waals surface area contributed by atoms with Crippen molar-refractivity contribution < 1.29 is 29.0 Å². The standard InChI is InChI=1S/C35H35N9O6.CH5N/c1-4-41-12-8-10-25(41)32(48)39-34-37-23-16-21(20-45)17-27(46)29(23)43(34)14-6-7-15-44-30-24(18-22(31(36)47)19-28(30)50-3)38-35(44)40-33(49)26-11-9-13-42(26)5-2;1-2/h6-13,16-20,46H,4-5,14-15H2,1-3H3,(H2,36,47)(H,37,39,48)(H,38,40,49);2H2,1H3/b7-6+;. The summed E-state index contributed by atoms with van der Waals surface area (Å²) >= 11 is 0. The van der Waals surface area contributed by atoms with E-state index < -0.39 is 11.8 Å². The van der Waals surface area contributed by atoms with Gasteiger partial charge in [-0.2, -0.15) is 0 Å². The second kappa shape index (κ2) is 15.9. The van der Waals surface area contributed by atoms with Crippen LogP contribution in [-0.2, 0) is 26.2 Å². The first-order valence-corrected chi connectivity index (χ1v) is 16.4. The normalized spacial score (nSPS) is 11.1. The Morgan fingerprint density at radius 3 is 1.83 bits per heavy atom. The number of nitrogens with zero attached hydrogens (tertiary/aromatic N) is 6. The number of phenolic OH excluding ortho intramolecular Hbond substituents is 1. The number of nitrogens with two attached hydrogens (primary N) is 2. The van der Waals surface area contributed by atoms with Crippen LogP contribution in [0, 0.1) is 0 Å². The lowest BCUT2D eigenvalue weighted by Crippen LogP contribution is -2.19. The Morgan fingerprint density at radius 2 is 1.35 bits per heavy atom. The van der Waals surface area contributed by atoms with Gasteiger partial charge in [-0.1, -0.05) is 12.2 Å². The number of aromatic nitrogens is 6. The van der Waals surface area contributed by atoms with Crippen LogP contribution in [0.25, 0.3) is 22.1 Å². The zero-order chi connectivity index (χ0) is 37.5. The second-order valence-electron chi connectivity index (χ2n) is 11.3. The maximum Gasteiger partial charge on any atom is 0.274 e. The molecule has 16 heteroatoms. The zero-order valence-electron chi connectivity index (χ0n) is 29.2. The van der Waals surface area contributed by atoms with Gasteiger partial charge in [-0.25, -0.2) is 9.97 Å². The van der Waals surface area contributed by atoms with Gasteiger partial charge in [0.2, 0.25) is 17.8 Å². The Balaban J connectivity index is 0.00000257. The van der Waals surface area contributed by atoms with Gasteiger partial charge in [0.25, 0.3) is 11.8 Å². The molecule has 0 spiro atoms. The van der Waals surface area contributed by atoms with E-state index in [2.05, 4.69) is 26.3 Å². The van der Waals surface area contributed by atoms with Crippen molar-refractivity contribution >= 4 is 58.0 Å². The van der Waals surface area contributed by atoms with Crippen LogP contribution in [0.1, 0.15) is 55.5 Å². The topological polar surface area (TPSA) is 219 Å². The minimum atomic E-state index is -0.659. The molecule has 52 heavy (non-hydrogen) atoms. The number of allylic oxidation sites excluding steroid dienone is 2. The molecule has 0 aliphatic heterocycles. The highest BCUT2D eigenvalue weighted by atomic mass is 16.5. The number of hydrogen-bond acceptors (Lipinski definition) is 9. The summed E-state index contributed by atoms with van der Waals surface area (Å²) in [7, 11) is 2.96. The highest BCUT2D eigenvalue weighted by molar-refractivity contribution is 6.05. The van der Waals surface area contributed by atoms with Crippen molar-refractivity contribution in [1.29, 1.82) is 0 Å². The molecule has 6 rings (SSSR count). The van der Waals surface area contributed by atoms with Crippen LogP contribution < -0.4 is 26.8 Å². The van der Waals surface area contributed by atoms with Crippen LogP contribution in [0.2, 0.25) is 0 Å². The van der Waals surface area contributed by atoms with Crippen molar-refractivity contribution in [1.82, 2.24) is 28.2 Å². The van der Waals surface area contributed by atoms with Gasteiger partial charge in [0, 0.05) is 49.7 Å². The summed E-state index contributed by atoms with van der Waals surface area (Å²) in [5.74, 6) is -0.915. The number of benzene rings is 2. The Morgan fingerprint density at radius 1 is 0.827 bits per heavy atom.